The number of imide groups is 1. The summed E-state index contributed by atoms with van der Waals surface area (Å²) in [6, 6.07) is 13.8. The van der Waals surface area contributed by atoms with Crippen molar-refractivity contribution in [2.75, 3.05) is 4.90 Å². The third-order valence-electron chi connectivity index (χ3n) is 4.18. The first-order valence-electron chi connectivity index (χ1n) is 7.37. The van der Waals surface area contributed by atoms with Gasteiger partial charge in [0.1, 0.15) is 0 Å². The van der Waals surface area contributed by atoms with Gasteiger partial charge in [-0.05, 0) is 24.3 Å². The van der Waals surface area contributed by atoms with Gasteiger partial charge in [0.15, 0.2) is 5.75 Å². The SMILES string of the molecule is O=C1c2cccc3c([N+](=O)[O-])c(O)cc(c23)C(=O)N1c1ccccc1. The van der Waals surface area contributed by atoms with Crippen molar-refractivity contribution in [1.82, 2.24) is 0 Å². The number of aromatic hydroxyl groups is 1. The number of phenolic OH excluding ortho intramolecular Hbond substituents is 1. The minimum Gasteiger partial charge on any atom is -0.502 e. The first kappa shape index (κ1) is 14.8. The average Bonchev–Trinajstić information content (AvgIpc) is 2.60. The van der Waals surface area contributed by atoms with Gasteiger partial charge in [-0.25, -0.2) is 4.90 Å². The first-order valence-corrected chi connectivity index (χ1v) is 7.37. The Morgan fingerprint density at radius 2 is 1.60 bits per heavy atom. The lowest BCUT2D eigenvalue weighted by Gasteiger charge is -2.27. The quantitative estimate of drug-likeness (QED) is 0.440. The summed E-state index contributed by atoms with van der Waals surface area (Å²) in [4.78, 5) is 37.3. The van der Waals surface area contributed by atoms with Crippen molar-refractivity contribution in [2.45, 2.75) is 0 Å². The Balaban J connectivity index is 2.07. The van der Waals surface area contributed by atoms with Gasteiger partial charge < -0.3 is 5.11 Å². The normalized spacial score (nSPS) is 13.4. The van der Waals surface area contributed by atoms with E-state index in [2.05, 4.69) is 0 Å². The molecule has 7 nitrogen and oxygen atoms in total. The number of nitro benzene ring substituents is 1. The van der Waals surface area contributed by atoms with Crippen LogP contribution in [0.4, 0.5) is 11.4 Å². The molecule has 7 heteroatoms. The van der Waals surface area contributed by atoms with Crippen molar-refractivity contribution in [1.29, 1.82) is 0 Å². The topological polar surface area (TPSA) is 101 Å². The zero-order chi connectivity index (χ0) is 17.7. The number of benzene rings is 3. The summed E-state index contributed by atoms with van der Waals surface area (Å²) in [6.45, 7) is 0. The predicted octanol–water partition coefficient (Wildman–Crippen LogP) is 3.25. The van der Waals surface area contributed by atoms with E-state index in [1.54, 1.807) is 30.3 Å². The number of carbonyl (C=O) groups is 2. The van der Waals surface area contributed by atoms with Gasteiger partial charge in [-0.3, -0.25) is 19.7 Å². The van der Waals surface area contributed by atoms with E-state index in [1.807, 2.05) is 0 Å². The Hall–Kier alpha value is -3.74. The number of nitro groups is 1. The van der Waals surface area contributed by atoms with Crippen LogP contribution in [0.15, 0.2) is 54.6 Å². The van der Waals surface area contributed by atoms with Crippen molar-refractivity contribution < 1.29 is 19.6 Å². The number of rotatable bonds is 2. The van der Waals surface area contributed by atoms with Crippen molar-refractivity contribution in [3.8, 4) is 5.75 Å². The maximum atomic E-state index is 12.9. The number of hydrogen-bond donors (Lipinski definition) is 1. The van der Waals surface area contributed by atoms with Crippen LogP contribution in [0, 0.1) is 10.1 Å². The molecule has 1 N–H and O–H groups in total. The molecule has 0 saturated carbocycles. The lowest BCUT2D eigenvalue weighted by Crippen LogP contribution is -2.40. The van der Waals surface area contributed by atoms with Crippen LogP contribution in [0.25, 0.3) is 10.8 Å². The second-order valence-electron chi connectivity index (χ2n) is 5.56. The van der Waals surface area contributed by atoms with Crippen LogP contribution in [0.3, 0.4) is 0 Å². The first-order chi connectivity index (χ1) is 12.0. The second-order valence-corrected chi connectivity index (χ2v) is 5.56. The highest BCUT2D eigenvalue weighted by molar-refractivity contribution is 6.36. The Labute approximate surface area is 140 Å². The molecule has 0 unspecified atom stereocenters. The zero-order valence-electron chi connectivity index (χ0n) is 12.7. The van der Waals surface area contributed by atoms with E-state index in [0.29, 0.717) is 5.69 Å². The highest BCUT2D eigenvalue weighted by Crippen LogP contribution is 2.41. The third kappa shape index (κ3) is 1.99. The van der Waals surface area contributed by atoms with Gasteiger partial charge >= 0.3 is 5.69 Å². The molecule has 0 radical (unpaired) electrons. The lowest BCUT2D eigenvalue weighted by molar-refractivity contribution is -0.384. The van der Waals surface area contributed by atoms with Crippen LogP contribution < -0.4 is 4.90 Å². The Kier molecular flexibility index (Phi) is 3.04. The van der Waals surface area contributed by atoms with E-state index in [-0.39, 0.29) is 21.9 Å². The number of nitrogens with zero attached hydrogens (tertiary/aromatic N) is 2. The van der Waals surface area contributed by atoms with E-state index in [1.165, 1.54) is 18.2 Å². The number of amides is 2. The lowest BCUT2D eigenvalue weighted by atomic mass is 9.92. The van der Waals surface area contributed by atoms with E-state index in [0.717, 1.165) is 11.0 Å². The van der Waals surface area contributed by atoms with Crippen molar-refractivity contribution in [3.05, 3.63) is 75.8 Å². The molecule has 1 aliphatic rings. The van der Waals surface area contributed by atoms with E-state index >= 15 is 0 Å². The molecule has 3 aromatic carbocycles. The standard InChI is InChI=1S/C18H10N2O5/c21-14-9-13-15-11(16(14)20(24)25)7-4-8-12(15)17(22)19(18(13)23)10-5-2-1-3-6-10/h1-9,21H. The van der Waals surface area contributed by atoms with Crippen molar-refractivity contribution in [2.24, 2.45) is 0 Å². The van der Waals surface area contributed by atoms with Gasteiger partial charge in [-0.1, -0.05) is 24.3 Å². The summed E-state index contributed by atoms with van der Waals surface area (Å²) in [5, 5.41) is 21.6. The molecule has 0 atom stereocenters. The fraction of sp³-hybridized carbons (Fsp3) is 0. The van der Waals surface area contributed by atoms with Crippen LogP contribution in [-0.2, 0) is 0 Å². The monoisotopic (exact) mass is 334 g/mol. The third-order valence-corrected chi connectivity index (χ3v) is 4.18. The molecule has 4 rings (SSSR count). The summed E-state index contributed by atoms with van der Waals surface area (Å²) in [5.74, 6) is -1.81. The molecular formula is C18H10N2O5. The van der Waals surface area contributed by atoms with Crippen LogP contribution in [-0.4, -0.2) is 21.8 Å². The fourth-order valence-corrected chi connectivity index (χ4v) is 3.14. The fourth-order valence-electron chi connectivity index (χ4n) is 3.14. The number of para-hydroxylation sites is 1. The van der Waals surface area contributed by atoms with Crippen molar-refractivity contribution in [3.63, 3.8) is 0 Å². The highest BCUT2D eigenvalue weighted by Gasteiger charge is 2.37. The van der Waals surface area contributed by atoms with Gasteiger partial charge in [0.25, 0.3) is 11.8 Å². The van der Waals surface area contributed by atoms with Gasteiger partial charge in [-0.15, -0.1) is 0 Å². The van der Waals surface area contributed by atoms with Crippen LogP contribution in [0.1, 0.15) is 20.7 Å². The average molecular weight is 334 g/mol. The molecule has 122 valence electrons. The summed E-state index contributed by atoms with van der Waals surface area (Å²) in [7, 11) is 0. The molecule has 0 aliphatic carbocycles. The highest BCUT2D eigenvalue weighted by atomic mass is 16.6. The number of carbonyl (C=O) groups excluding carboxylic acids is 2. The molecule has 2 amide bonds. The number of hydrogen-bond acceptors (Lipinski definition) is 5. The van der Waals surface area contributed by atoms with E-state index in [4.69, 9.17) is 0 Å². The Morgan fingerprint density at radius 3 is 2.28 bits per heavy atom. The van der Waals surface area contributed by atoms with Crippen molar-refractivity contribution >= 4 is 34.0 Å². The van der Waals surface area contributed by atoms with Gasteiger partial charge in [0.05, 0.1) is 21.6 Å². The minimum atomic E-state index is -0.725. The van der Waals surface area contributed by atoms with Gasteiger partial charge in [0, 0.05) is 17.0 Å². The van der Waals surface area contributed by atoms with Gasteiger partial charge in [-0.2, -0.15) is 0 Å². The molecule has 1 aliphatic heterocycles. The van der Waals surface area contributed by atoms with Crippen LogP contribution in [0.5, 0.6) is 5.75 Å². The molecular weight excluding hydrogens is 324 g/mol. The second kappa shape index (κ2) is 5.13. The molecule has 0 saturated heterocycles. The maximum absolute atomic E-state index is 12.9. The maximum Gasteiger partial charge on any atom is 0.318 e. The molecule has 0 bridgehead atoms. The predicted molar refractivity (Wildman–Crippen MR) is 89.8 cm³/mol. The smallest absolute Gasteiger partial charge is 0.318 e. The van der Waals surface area contributed by atoms with E-state index < -0.39 is 28.2 Å². The summed E-state index contributed by atoms with van der Waals surface area (Å²) in [5.41, 5.74) is 0.101. The molecule has 1 heterocycles. The van der Waals surface area contributed by atoms with Crippen LogP contribution in [0.2, 0.25) is 0 Å². The minimum absolute atomic E-state index is 0.0529. The molecule has 25 heavy (non-hydrogen) atoms. The molecule has 0 aromatic heterocycles. The summed E-state index contributed by atoms with van der Waals surface area (Å²) < 4.78 is 0. The number of phenols is 1. The summed E-state index contributed by atoms with van der Waals surface area (Å²) >= 11 is 0. The molecule has 3 aromatic rings. The van der Waals surface area contributed by atoms with Crippen LogP contribution >= 0.6 is 0 Å². The number of anilines is 1. The largest absolute Gasteiger partial charge is 0.502 e. The molecule has 0 spiro atoms. The zero-order valence-corrected chi connectivity index (χ0v) is 12.7. The summed E-state index contributed by atoms with van der Waals surface area (Å²) in [6.07, 6.45) is 0. The van der Waals surface area contributed by atoms with Gasteiger partial charge in [0.2, 0.25) is 0 Å². The van der Waals surface area contributed by atoms with E-state index in [9.17, 15) is 24.8 Å². The molecule has 0 fully saturated rings. The Morgan fingerprint density at radius 1 is 0.920 bits per heavy atom. The Bertz CT molecular complexity index is 1080.